The standard InChI is InChI=1S/C16H20I3NO3/c1-3-5-7-20(13(21)6-4-2)16-12(18)9-11(17)10(15(16)19)8-14(22)23/h9H,3-8H2,1-2H3,(H,22,23). The van der Waals surface area contributed by atoms with E-state index in [2.05, 4.69) is 74.7 Å². The largest absolute Gasteiger partial charge is 0.481 e. The minimum absolute atomic E-state index is 0.0238. The highest BCUT2D eigenvalue weighted by Gasteiger charge is 2.24. The fourth-order valence-electron chi connectivity index (χ4n) is 2.21. The lowest BCUT2D eigenvalue weighted by molar-refractivity contribution is -0.136. The van der Waals surface area contributed by atoms with E-state index < -0.39 is 5.97 Å². The fraction of sp³-hybridized carbons (Fsp3) is 0.500. The van der Waals surface area contributed by atoms with Gasteiger partial charge >= 0.3 is 5.97 Å². The smallest absolute Gasteiger partial charge is 0.307 e. The highest BCUT2D eigenvalue weighted by molar-refractivity contribution is 14.1. The van der Waals surface area contributed by atoms with Crippen LogP contribution < -0.4 is 4.90 Å². The molecule has 0 aliphatic heterocycles. The van der Waals surface area contributed by atoms with Crippen LogP contribution in [0, 0.1) is 10.7 Å². The average Bonchev–Trinajstić information content (AvgIpc) is 2.46. The molecule has 0 aliphatic carbocycles. The van der Waals surface area contributed by atoms with Gasteiger partial charge < -0.3 is 10.0 Å². The van der Waals surface area contributed by atoms with Crippen LogP contribution in [0.3, 0.4) is 0 Å². The Morgan fingerprint density at radius 3 is 2.30 bits per heavy atom. The number of anilines is 1. The van der Waals surface area contributed by atoms with Crippen molar-refractivity contribution in [3.8, 4) is 0 Å². The maximum atomic E-state index is 12.6. The molecular weight excluding hydrogens is 635 g/mol. The molecule has 0 aliphatic rings. The number of benzene rings is 1. The van der Waals surface area contributed by atoms with Crippen LogP contribution in [-0.2, 0) is 16.0 Å². The van der Waals surface area contributed by atoms with Gasteiger partial charge in [-0.2, -0.15) is 0 Å². The third-order valence-electron chi connectivity index (χ3n) is 3.34. The molecule has 4 nitrogen and oxygen atoms in total. The van der Waals surface area contributed by atoms with Gasteiger partial charge in [-0.1, -0.05) is 20.3 Å². The van der Waals surface area contributed by atoms with Crippen LogP contribution in [-0.4, -0.2) is 23.5 Å². The Kier molecular flexibility index (Phi) is 9.64. The van der Waals surface area contributed by atoms with Crippen molar-refractivity contribution in [2.45, 2.75) is 46.0 Å². The zero-order valence-electron chi connectivity index (χ0n) is 13.2. The zero-order chi connectivity index (χ0) is 17.6. The van der Waals surface area contributed by atoms with Gasteiger partial charge in [0, 0.05) is 23.7 Å². The number of rotatable bonds is 8. The summed E-state index contributed by atoms with van der Waals surface area (Å²) in [6.45, 7) is 4.77. The van der Waals surface area contributed by atoms with E-state index in [4.69, 9.17) is 5.11 Å². The van der Waals surface area contributed by atoms with Crippen molar-refractivity contribution in [1.29, 1.82) is 0 Å². The van der Waals surface area contributed by atoms with Crippen LogP contribution in [0.15, 0.2) is 6.07 Å². The summed E-state index contributed by atoms with van der Waals surface area (Å²) in [5.74, 6) is -0.743. The minimum Gasteiger partial charge on any atom is -0.481 e. The molecule has 0 aromatic heterocycles. The second kappa shape index (κ2) is 10.4. The molecule has 1 amide bonds. The molecule has 1 aromatic rings. The third-order valence-corrected chi connectivity index (χ3v) is 6.29. The number of halogens is 3. The van der Waals surface area contributed by atoms with Gasteiger partial charge in [0.25, 0.3) is 0 Å². The van der Waals surface area contributed by atoms with Crippen LogP contribution >= 0.6 is 67.8 Å². The lowest BCUT2D eigenvalue weighted by Crippen LogP contribution is -2.33. The van der Waals surface area contributed by atoms with Crippen LogP contribution in [0.1, 0.15) is 45.1 Å². The molecule has 0 radical (unpaired) electrons. The molecule has 0 atom stereocenters. The van der Waals surface area contributed by atoms with Crippen molar-refractivity contribution in [2.24, 2.45) is 0 Å². The highest BCUT2D eigenvalue weighted by atomic mass is 127. The summed E-state index contributed by atoms with van der Waals surface area (Å²) in [4.78, 5) is 25.6. The van der Waals surface area contributed by atoms with Crippen molar-refractivity contribution in [2.75, 3.05) is 11.4 Å². The number of carbonyl (C=O) groups is 2. The Morgan fingerprint density at radius 1 is 1.13 bits per heavy atom. The van der Waals surface area contributed by atoms with Gasteiger partial charge in [-0.25, -0.2) is 0 Å². The van der Waals surface area contributed by atoms with E-state index in [1.54, 1.807) is 0 Å². The first-order valence-corrected chi connectivity index (χ1v) is 10.8. The summed E-state index contributed by atoms with van der Waals surface area (Å²) in [5, 5.41) is 9.16. The molecule has 1 rings (SSSR count). The summed E-state index contributed by atoms with van der Waals surface area (Å²) >= 11 is 6.60. The van der Waals surface area contributed by atoms with Crippen molar-refractivity contribution < 1.29 is 14.7 Å². The van der Waals surface area contributed by atoms with E-state index in [-0.39, 0.29) is 12.3 Å². The molecule has 128 valence electrons. The Labute approximate surface area is 178 Å². The summed E-state index contributed by atoms with van der Waals surface area (Å²) in [7, 11) is 0. The van der Waals surface area contributed by atoms with Gasteiger partial charge in [0.15, 0.2) is 0 Å². The Morgan fingerprint density at radius 2 is 1.78 bits per heavy atom. The van der Waals surface area contributed by atoms with Crippen LogP contribution in [0.2, 0.25) is 0 Å². The number of unbranched alkanes of at least 4 members (excludes halogenated alkanes) is 1. The number of hydrogen-bond acceptors (Lipinski definition) is 2. The predicted molar refractivity (Wildman–Crippen MR) is 118 cm³/mol. The Balaban J connectivity index is 3.39. The predicted octanol–water partition coefficient (Wildman–Crippen LogP) is 5.06. The summed E-state index contributed by atoms with van der Waals surface area (Å²) < 4.78 is 2.80. The lowest BCUT2D eigenvalue weighted by atomic mass is 10.1. The normalized spacial score (nSPS) is 10.7. The maximum absolute atomic E-state index is 12.6. The molecular formula is C16H20I3NO3. The summed E-state index contributed by atoms with van der Waals surface area (Å²) in [6, 6.07) is 1.97. The van der Waals surface area contributed by atoms with Gasteiger partial charge in [-0.05, 0) is 92.2 Å². The molecule has 1 N–H and O–H groups in total. The monoisotopic (exact) mass is 655 g/mol. The number of nitrogens with zero attached hydrogens (tertiary/aromatic N) is 1. The Hall–Kier alpha value is 0.350. The lowest BCUT2D eigenvalue weighted by Gasteiger charge is -2.27. The van der Waals surface area contributed by atoms with Gasteiger partial charge in [0.1, 0.15) is 0 Å². The molecule has 1 aromatic carbocycles. The maximum Gasteiger partial charge on any atom is 0.307 e. The number of hydrogen-bond donors (Lipinski definition) is 1. The van der Waals surface area contributed by atoms with E-state index in [1.165, 1.54) is 0 Å². The molecule has 0 saturated heterocycles. The van der Waals surface area contributed by atoms with E-state index in [9.17, 15) is 9.59 Å². The Bertz CT molecular complexity index is 590. The summed E-state index contributed by atoms with van der Waals surface area (Å²) in [5.41, 5.74) is 1.66. The van der Waals surface area contributed by atoms with Crippen molar-refractivity contribution in [3.63, 3.8) is 0 Å². The first-order valence-electron chi connectivity index (χ1n) is 7.51. The first kappa shape index (κ1) is 21.4. The van der Waals surface area contributed by atoms with Crippen LogP contribution in [0.4, 0.5) is 5.69 Å². The van der Waals surface area contributed by atoms with Gasteiger partial charge in [0.05, 0.1) is 12.1 Å². The molecule has 0 heterocycles. The van der Waals surface area contributed by atoms with E-state index >= 15 is 0 Å². The topological polar surface area (TPSA) is 57.6 Å². The number of carboxylic acids is 1. The first-order chi connectivity index (χ1) is 10.8. The molecule has 0 fully saturated rings. The van der Waals surface area contributed by atoms with Gasteiger partial charge in [-0.15, -0.1) is 0 Å². The van der Waals surface area contributed by atoms with E-state index in [1.807, 2.05) is 17.9 Å². The van der Waals surface area contributed by atoms with Crippen molar-refractivity contribution in [3.05, 3.63) is 22.3 Å². The van der Waals surface area contributed by atoms with Gasteiger partial charge in [-0.3, -0.25) is 9.59 Å². The number of carboxylic acid groups (broad SMARTS) is 1. The molecule has 0 spiro atoms. The van der Waals surface area contributed by atoms with Crippen LogP contribution in [0.25, 0.3) is 0 Å². The fourth-order valence-corrected chi connectivity index (χ4v) is 6.54. The van der Waals surface area contributed by atoms with E-state index in [0.717, 1.165) is 41.2 Å². The quantitative estimate of drug-likeness (QED) is 0.399. The number of carbonyl (C=O) groups excluding carboxylic acids is 1. The minimum atomic E-state index is -0.854. The second-order valence-corrected chi connectivity index (χ2v) is 8.60. The van der Waals surface area contributed by atoms with Crippen molar-refractivity contribution in [1.82, 2.24) is 0 Å². The molecule has 0 unspecified atom stereocenters. The van der Waals surface area contributed by atoms with E-state index in [0.29, 0.717) is 13.0 Å². The van der Waals surface area contributed by atoms with Crippen molar-refractivity contribution >= 4 is 85.3 Å². The molecule has 0 bridgehead atoms. The summed E-state index contributed by atoms with van der Waals surface area (Å²) in [6.07, 6.45) is 3.23. The highest BCUT2D eigenvalue weighted by Crippen LogP contribution is 2.35. The molecule has 23 heavy (non-hydrogen) atoms. The zero-order valence-corrected chi connectivity index (χ0v) is 19.6. The third kappa shape index (κ3) is 5.98. The number of amides is 1. The number of aliphatic carboxylic acids is 1. The van der Waals surface area contributed by atoms with Crippen LogP contribution in [0.5, 0.6) is 0 Å². The second-order valence-electron chi connectivity index (χ2n) is 5.20. The molecule has 0 saturated carbocycles. The SMILES string of the molecule is CCCCN(C(=O)CCC)c1c(I)cc(I)c(CC(=O)O)c1I. The average molecular weight is 655 g/mol. The van der Waals surface area contributed by atoms with Gasteiger partial charge in [0.2, 0.25) is 5.91 Å². The molecule has 7 heteroatoms.